The highest BCUT2D eigenvalue weighted by atomic mass is 19.1. The molecule has 1 N–H and O–H groups in total. The van der Waals surface area contributed by atoms with E-state index in [1.54, 1.807) is 23.2 Å². The molecule has 5 heteroatoms. The SMILES string of the molecule is Cc1ccc(CC(=O)N2C[C@H](O)C[C@@H]2c2cccc(F)c2)cn1. The summed E-state index contributed by atoms with van der Waals surface area (Å²) in [5, 5.41) is 9.95. The van der Waals surface area contributed by atoms with E-state index in [0.717, 1.165) is 16.8 Å². The number of benzene rings is 1. The first-order valence-corrected chi connectivity index (χ1v) is 7.67. The topological polar surface area (TPSA) is 53.4 Å². The van der Waals surface area contributed by atoms with E-state index in [4.69, 9.17) is 0 Å². The van der Waals surface area contributed by atoms with Crippen molar-refractivity contribution in [1.29, 1.82) is 0 Å². The number of pyridine rings is 1. The Hall–Kier alpha value is -2.27. The van der Waals surface area contributed by atoms with Gasteiger partial charge < -0.3 is 10.0 Å². The fourth-order valence-electron chi connectivity index (χ4n) is 3.00. The number of aromatic nitrogens is 1. The number of nitrogens with zero attached hydrogens (tertiary/aromatic N) is 2. The number of carbonyl (C=O) groups is 1. The Bertz CT molecular complexity index is 702. The number of likely N-dealkylation sites (tertiary alicyclic amines) is 1. The van der Waals surface area contributed by atoms with Gasteiger partial charge in [0.25, 0.3) is 0 Å². The second-order valence-corrected chi connectivity index (χ2v) is 5.99. The summed E-state index contributed by atoms with van der Waals surface area (Å²) >= 11 is 0. The van der Waals surface area contributed by atoms with Gasteiger partial charge in [0, 0.05) is 18.4 Å². The first-order valence-electron chi connectivity index (χ1n) is 7.67. The number of hydrogen-bond donors (Lipinski definition) is 1. The summed E-state index contributed by atoms with van der Waals surface area (Å²) in [5.74, 6) is -0.416. The summed E-state index contributed by atoms with van der Waals surface area (Å²) in [4.78, 5) is 18.4. The van der Waals surface area contributed by atoms with Crippen LogP contribution in [-0.4, -0.2) is 33.5 Å². The van der Waals surface area contributed by atoms with Crippen LogP contribution in [0, 0.1) is 12.7 Å². The molecule has 1 fully saturated rings. The van der Waals surface area contributed by atoms with Crippen molar-refractivity contribution in [2.24, 2.45) is 0 Å². The van der Waals surface area contributed by atoms with Crippen molar-refractivity contribution >= 4 is 5.91 Å². The van der Waals surface area contributed by atoms with Crippen LogP contribution in [0.1, 0.15) is 29.3 Å². The number of aliphatic hydroxyl groups excluding tert-OH is 1. The van der Waals surface area contributed by atoms with Gasteiger partial charge in [0.1, 0.15) is 5.82 Å². The Morgan fingerprint density at radius 2 is 2.22 bits per heavy atom. The van der Waals surface area contributed by atoms with Crippen molar-refractivity contribution in [1.82, 2.24) is 9.88 Å². The molecule has 1 aliphatic rings. The van der Waals surface area contributed by atoms with Gasteiger partial charge in [-0.3, -0.25) is 9.78 Å². The van der Waals surface area contributed by atoms with E-state index in [1.165, 1.54) is 12.1 Å². The van der Waals surface area contributed by atoms with Gasteiger partial charge >= 0.3 is 0 Å². The smallest absolute Gasteiger partial charge is 0.227 e. The van der Waals surface area contributed by atoms with E-state index in [-0.39, 0.29) is 30.7 Å². The van der Waals surface area contributed by atoms with Crippen LogP contribution in [-0.2, 0) is 11.2 Å². The maximum absolute atomic E-state index is 13.5. The first-order chi connectivity index (χ1) is 11.0. The van der Waals surface area contributed by atoms with Crippen LogP contribution < -0.4 is 0 Å². The van der Waals surface area contributed by atoms with Gasteiger partial charge in [0.2, 0.25) is 5.91 Å². The van der Waals surface area contributed by atoms with Crippen molar-refractivity contribution in [3.63, 3.8) is 0 Å². The average molecular weight is 314 g/mol. The predicted octanol–water partition coefficient (Wildman–Crippen LogP) is 2.41. The molecule has 0 bridgehead atoms. The molecular formula is C18H19FN2O2. The van der Waals surface area contributed by atoms with Gasteiger partial charge in [-0.25, -0.2) is 4.39 Å². The van der Waals surface area contributed by atoms with E-state index in [2.05, 4.69) is 4.98 Å². The summed E-state index contributed by atoms with van der Waals surface area (Å²) in [7, 11) is 0. The van der Waals surface area contributed by atoms with Gasteiger partial charge in [-0.15, -0.1) is 0 Å². The van der Waals surface area contributed by atoms with Gasteiger partial charge in [0.15, 0.2) is 0 Å². The number of β-amino-alcohol motifs (C(OH)–C–C–N with tert-alkyl or cyclic N) is 1. The molecule has 23 heavy (non-hydrogen) atoms. The molecule has 120 valence electrons. The molecule has 2 aromatic rings. The molecule has 2 atom stereocenters. The lowest BCUT2D eigenvalue weighted by Crippen LogP contribution is -2.33. The van der Waals surface area contributed by atoms with Crippen molar-refractivity contribution in [3.05, 3.63) is 65.2 Å². The van der Waals surface area contributed by atoms with E-state index < -0.39 is 6.10 Å². The molecule has 0 radical (unpaired) electrons. The fraction of sp³-hybridized carbons (Fsp3) is 0.333. The Labute approximate surface area is 134 Å². The number of aryl methyl sites for hydroxylation is 1. The van der Waals surface area contributed by atoms with Gasteiger partial charge in [-0.2, -0.15) is 0 Å². The lowest BCUT2D eigenvalue weighted by molar-refractivity contribution is -0.131. The number of aliphatic hydroxyl groups is 1. The number of amides is 1. The Kier molecular flexibility index (Phi) is 4.39. The van der Waals surface area contributed by atoms with Gasteiger partial charge in [-0.1, -0.05) is 18.2 Å². The highest BCUT2D eigenvalue weighted by molar-refractivity contribution is 5.79. The molecule has 0 unspecified atom stereocenters. The lowest BCUT2D eigenvalue weighted by Gasteiger charge is -2.25. The van der Waals surface area contributed by atoms with Crippen LogP contribution in [0.3, 0.4) is 0 Å². The fourth-order valence-corrected chi connectivity index (χ4v) is 3.00. The molecule has 4 nitrogen and oxygen atoms in total. The van der Waals surface area contributed by atoms with Crippen LogP contribution in [0.4, 0.5) is 4.39 Å². The standard InChI is InChI=1S/C18H19FN2O2/c1-12-5-6-13(10-20-12)7-18(23)21-11-16(22)9-17(21)14-3-2-4-15(19)8-14/h2-6,8,10,16-17,22H,7,9,11H2,1H3/t16-,17-/m1/s1. The molecule has 1 aliphatic heterocycles. The zero-order valence-electron chi connectivity index (χ0n) is 12.9. The molecule has 2 heterocycles. The monoisotopic (exact) mass is 314 g/mol. The normalized spacial score (nSPS) is 20.7. The summed E-state index contributed by atoms with van der Waals surface area (Å²) < 4.78 is 13.5. The molecule has 1 aromatic carbocycles. The zero-order valence-corrected chi connectivity index (χ0v) is 12.9. The van der Waals surface area contributed by atoms with E-state index in [1.807, 2.05) is 19.1 Å². The number of halogens is 1. The van der Waals surface area contributed by atoms with Crippen molar-refractivity contribution in [2.75, 3.05) is 6.54 Å². The number of hydrogen-bond acceptors (Lipinski definition) is 3. The van der Waals surface area contributed by atoms with E-state index in [0.29, 0.717) is 6.42 Å². The van der Waals surface area contributed by atoms with Crippen molar-refractivity contribution in [3.8, 4) is 0 Å². The van der Waals surface area contributed by atoms with Gasteiger partial charge in [-0.05, 0) is 42.7 Å². The van der Waals surface area contributed by atoms with Crippen LogP contribution in [0.15, 0.2) is 42.6 Å². The van der Waals surface area contributed by atoms with Crippen LogP contribution in [0.25, 0.3) is 0 Å². The number of carbonyl (C=O) groups excluding carboxylic acids is 1. The molecule has 1 saturated heterocycles. The van der Waals surface area contributed by atoms with Crippen molar-refractivity contribution < 1.29 is 14.3 Å². The minimum Gasteiger partial charge on any atom is -0.391 e. The summed E-state index contributed by atoms with van der Waals surface area (Å²) in [5.41, 5.74) is 2.45. The summed E-state index contributed by atoms with van der Waals surface area (Å²) in [6, 6.07) is 9.68. The largest absolute Gasteiger partial charge is 0.391 e. The van der Waals surface area contributed by atoms with Crippen LogP contribution in [0.2, 0.25) is 0 Å². The quantitative estimate of drug-likeness (QED) is 0.946. The summed E-state index contributed by atoms with van der Waals surface area (Å²) in [6.07, 6.45) is 1.77. The van der Waals surface area contributed by atoms with Gasteiger partial charge in [0.05, 0.1) is 18.6 Å². The third-order valence-corrected chi connectivity index (χ3v) is 4.16. The second kappa shape index (κ2) is 6.46. The van der Waals surface area contributed by atoms with Crippen LogP contribution in [0.5, 0.6) is 0 Å². The molecule has 1 aromatic heterocycles. The van der Waals surface area contributed by atoms with Crippen LogP contribution >= 0.6 is 0 Å². The first kappa shape index (κ1) is 15.6. The summed E-state index contributed by atoms with van der Waals surface area (Å²) in [6.45, 7) is 2.17. The third-order valence-electron chi connectivity index (χ3n) is 4.16. The number of rotatable bonds is 3. The maximum atomic E-state index is 13.5. The molecular weight excluding hydrogens is 295 g/mol. The molecule has 0 spiro atoms. The molecule has 1 amide bonds. The molecule has 3 rings (SSSR count). The van der Waals surface area contributed by atoms with Crippen molar-refractivity contribution in [2.45, 2.75) is 31.9 Å². The Morgan fingerprint density at radius 3 is 2.91 bits per heavy atom. The predicted molar refractivity (Wildman–Crippen MR) is 84.2 cm³/mol. The Balaban J connectivity index is 1.78. The van der Waals surface area contributed by atoms with E-state index >= 15 is 0 Å². The minimum absolute atomic E-state index is 0.0820. The maximum Gasteiger partial charge on any atom is 0.227 e. The highest BCUT2D eigenvalue weighted by Crippen LogP contribution is 2.32. The molecule has 0 saturated carbocycles. The van der Waals surface area contributed by atoms with E-state index in [9.17, 15) is 14.3 Å². The lowest BCUT2D eigenvalue weighted by atomic mass is 10.0. The third kappa shape index (κ3) is 3.56. The molecule has 0 aliphatic carbocycles. The minimum atomic E-state index is -0.580. The highest BCUT2D eigenvalue weighted by Gasteiger charge is 2.35. The second-order valence-electron chi connectivity index (χ2n) is 5.99. The zero-order chi connectivity index (χ0) is 16.4. The Morgan fingerprint density at radius 1 is 1.39 bits per heavy atom. The average Bonchev–Trinajstić information content (AvgIpc) is 2.92.